The van der Waals surface area contributed by atoms with Crippen molar-refractivity contribution in [2.24, 2.45) is 0 Å². The van der Waals surface area contributed by atoms with Crippen molar-refractivity contribution in [2.45, 2.75) is 0 Å². The minimum Gasteiger partial charge on any atom is -0.507 e. The molecule has 4 nitrogen and oxygen atoms in total. The lowest BCUT2D eigenvalue weighted by molar-refractivity contribution is 0.0694. The Bertz CT molecular complexity index is 939. The van der Waals surface area contributed by atoms with Crippen LogP contribution in [-0.4, -0.2) is 16.2 Å². The van der Waals surface area contributed by atoms with Crippen molar-refractivity contribution in [1.29, 1.82) is 5.26 Å². The number of aromatic hydroxyl groups is 1. The Labute approximate surface area is 126 Å². The second-order valence-corrected chi connectivity index (χ2v) is 4.89. The van der Waals surface area contributed by atoms with E-state index in [0.29, 0.717) is 11.1 Å². The highest BCUT2D eigenvalue weighted by molar-refractivity contribution is 5.99. The van der Waals surface area contributed by atoms with Crippen molar-refractivity contribution in [3.63, 3.8) is 0 Å². The van der Waals surface area contributed by atoms with Crippen molar-refractivity contribution >= 4 is 16.7 Å². The van der Waals surface area contributed by atoms with Gasteiger partial charge in [0.05, 0.1) is 11.6 Å². The largest absolute Gasteiger partial charge is 0.507 e. The van der Waals surface area contributed by atoms with Crippen molar-refractivity contribution in [1.82, 2.24) is 0 Å². The molecule has 0 aromatic heterocycles. The third-order valence-corrected chi connectivity index (χ3v) is 3.53. The molecule has 4 heteroatoms. The third-order valence-electron chi connectivity index (χ3n) is 3.53. The van der Waals surface area contributed by atoms with Crippen LogP contribution in [0.25, 0.3) is 21.9 Å². The van der Waals surface area contributed by atoms with Crippen LogP contribution < -0.4 is 0 Å². The number of hydrogen-bond donors (Lipinski definition) is 2. The van der Waals surface area contributed by atoms with Crippen LogP contribution in [0.4, 0.5) is 0 Å². The average molecular weight is 289 g/mol. The number of benzene rings is 3. The maximum atomic E-state index is 11.0. The van der Waals surface area contributed by atoms with Gasteiger partial charge in [-0.25, -0.2) is 4.79 Å². The smallest absolute Gasteiger partial charge is 0.339 e. The molecule has 0 saturated carbocycles. The Kier molecular flexibility index (Phi) is 3.24. The van der Waals surface area contributed by atoms with Gasteiger partial charge in [0, 0.05) is 0 Å². The van der Waals surface area contributed by atoms with Gasteiger partial charge in [0.15, 0.2) is 0 Å². The fourth-order valence-corrected chi connectivity index (χ4v) is 2.49. The number of fused-ring (bicyclic) bond motifs is 1. The van der Waals surface area contributed by atoms with E-state index in [4.69, 9.17) is 10.4 Å². The first-order valence-electron chi connectivity index (χ1n) is 6.60. The molecule has 0 bridgehead atoms. The van der Waals surface area contributed by atoms with Crippen LogP contribution in [0, 0.1) is 11.3 Å². The number of hydrogen-bond acceptors (Lipinski definition) is 3. The summed E-state index contributed by atoms with van der Waals surface area (Å²) in [7, 11) is 0. The molecule has 0 saturated heterocycles. The number of nitrogens with zero attached hydrogens (tertiary/aromatic N) is 1. The molecule has 0 fully saturated rings. The van der Waals surface area contributed by atoms with Crippen LogP contribution >= 0.6 is 0 Å². The first-order valence-corrected chi connectivity index (χ1v) is 6.60. The highest BCUT2D eigenvalue weighted by Crippen LogP contribution is 2.33. The summed E-state index contributed by atoms with van der Waals surface area (Å²) in [4.78, 5) is 11.0. The Morgan fingerprint density at radius 1 is 1.05 bits per heavy atom. The Hall–Kier alpha value is -3.32. The molecule has 0 unspecified atom stereocenters. The number of carboxylic acids is 1. The molecule has 106 valence electrons. The molecule has 0 radical (unpaired) electrons. The number of phenols is 1. The van der Waals surface area contributed by atoms with Crippen LogP contribution in [0.3, 0.4) is 0 Å². The van der Waals surface area contributed by atoms with E-state index < -0.39 is 5.97 Å². The van der Waals surface area contributed by atoms with Gasteiger partial charge in [0.2, 0.25) is 0 Å². The summed E-state index contributed by atoms with van der Waals surface area (Å²) in [6.45, 7) is 0. The zero-order valence-electron chi connectivity index (χ0n) is 11.4. The number of nitriles is 1. The van der Waals surface area contributed by atoms with Crippen LogP contribution in [0.1, 0.15) is 15.9 Å². The lowest BCUT2D eigenvalue weighted by Gasteiger charge is -2.09. The molecule has 0 aliphatic carbocycles. The van der Waals surface area contributed by atoms with E-state index >= 15 is 0 Å². The van der Waals surface area contributed by atoms with Crippen molar-refractivity contribution in [2.75, 3.05) is 0 Å². The van der Waals surface area contributed by atoms with Crippen LogP contribution in [-0.2, 0) is 0 Å². The molecular formula is C18H11NO3. The molecule has 2 N–H and O–H groups in total. The van der Waals surface area contributed by atoms with Gasteiger partial charge in [-0.05, 0) is 46.2 Å². The highest BCUT2D eigenvalue weighted by atomic mass is 16.4. The van der Waals surface area contributed by atoms with Gasteiger partial charge in [-0.3, -0.25) is 0 Å². The Morgan fingerprint density at radius 2 is 1.82 bits per heavy atom. The average Bonchev–Trinajstić information content (AvgIpc) is 2.53. The van der Waals surface area contributed by atoms with E-state index in [1.165, 1.54) is 12.1 Å². The summed E-state index contributed by atoms with van der Waals surface area (Å²) in [5, 5.41) is 29.9. The molecule has 3 rings (SSSR count). The van der Waals surface area contributed by atoms with Gasteiger partial charge < -0.3 is 10.2 Å². The number of carboxylic acid groups (broad SMARTS) is 1. The third kappa shape index (κ3) is 2.25. The van der Waals surface area contributed by atoms with Crippen molar-refractivity contribution in [3.8, 4) is 22.9 Å². The first kappa shape index (κ1) is 13.7. The second kappa shape index (κ2) is 5.23. The molecule has 0 amide bonds. The van der Waals surface area contributed by atoms with Gasteiger partial charge in [0.1, 0.15) is 11.3 Å². The topological polar surface area (TPSA) is 81.3 Å². The van der Waals surface area contributed by atoms with Crippen molar-refractivity contribution in [3.05, 3.63) is 65.7 Å². The minimum absolute atomic E-state index is 0.149. The van der Waals surface area contributed by atoms with E-state index in [-0.39, 0.29) is 11.3 Å². The minimum atomic E-state index is -1.18. The summed E-state index contributed by atoms with van der Waals surface area (Å²) < 4.78 is 0. The Balaban J connectivity index is 2.28. The van der Waals surface area contributed by atoms with Crippen LogP contribution in [0.2, 0.25) is 0 Å². The number of carbonyl (C=O) groups is 1. The van der Waals surface area contributed by atoms with Crippen LogP contribution in [0.15, 0.2) is 54.6 Å². The summed E-state index contributed by atoms with van der Waals surface area (Å²) in [6.07, 6.45) is 0. The molecule has 22 heavy (non-hydrogen) atoms. The van der Waals surface area contributed by atoms with Gasteiger partial charge in [-0.2, -0.15) is 5.26 Å². The van der Waals surface area contributed by atoms with E-state index in [1.54, 1.807) is 18.2 Å². The van der Waals surface area contributed by atoms with Gasteiger partial charge in [-0.15, -0.1) is 0 Å². The monoisotopic (exact) mass is 289 g/mol. The van der Waals surface area contributed by atoms with E-state index in [2.05, 4.69) is 6.07 Å². The molecular weight excluding hydrogens is 278 g/mol. The maximum Gasteiger partial charge on any atom is 0.339 e. The molecule has 0 atom stereocenters. The zero-order valence-corrected chi connectivity index (χ0v) is 11.4. The highest BCUT2D eigenvalue weighted by Gasteiger charge is 2.12. The lowest BCUT2D eigenvalue weighted by atomic mass is 9.95. The summed E-state index contributed by atoms with van der Waals surface area (Å²) >= 11 is 0. The second-order valence-electron chi connectivity index (χ2n) is 4.89. The Morgan fingerprint density at radius 3 is 2.50 bits per heavy atom. The molecule has 3 aromatic carbocycles. The zero-order chi connectivity index (χ0) is 15.7. The fourth-order valence-electron chi connectivity index (χ4n) is 2.49. The van der Waals surface area contributed by atoms with E-state index in [0.717, 1.165) is 16.3 Å². The van der Waals surface area contributed by atoms with Crippen molar-refractivity contribution < 1.29 is 15.0 Å². The molecule has 0 heterocycles. The summed E-state index contributed by atoms with van der Waals surface area (Å²) in [6, 6.07) is 17.7. The first-order chi connectivity index (χ1) is 10.6. The number of rotatable bonds is 2. The summed E-state index contributed by atoms with van der Waals surface area (Å²) in [5.74, 6) is -1.48. The van der Waals surface area contributed by atoms with E-state index in [1.807, 2.05) is 24.3 Å². The van der Waals surface area contributed by atoms with Gasteiger partial charge in [0.25, 0.3) is 0 Å². The predicted molar refractivity (Wildman–Crippen MR) is 82.7 cm³/mol. The molecule has 3 aromatic rings. The summed E-state index contributed by atoms with van der Waals surface area (Å²) in [5.41, 5.74) is 1.80. The number of aromatic carboxylic acids is 1. The van der Waals surface area contributed by atoms with Gasteiger partial charge in [-0.1, -0.05) is 30.3 Å². The lowest BCUT2D eigenvalue weighted by Crippen LogP contribution is -1.96. The molecule has 0 aliphatic rings. The quantitative estimate of drug-likeness (QED) is 0.752. The normalized spacial score (nSPS) is 10.3. The fraction of sp³-hybridized carbons (Fsp3) is 0. The molecule has 0 spiro atoms. The SMILES string of the molecule is N#Cc1cc(-c2ccc(C(=O)O)c(O)c2)c2ccccc2c1. The van der Waals surface area contributed by atoms with Crippen LogP contribution in [0.5, 0.6) is 5.75 Å². The molecule has 0 aliphatic heterocycles. The van der Waals surface area contributed by atoms with E-state index in [9.17, 15) is 9.90 Å². The maximum absolute atomic E-state index is 11.0. The van der Waals surface area contributed by atoms with Gasteiger partial charge >= 0.3 is 5.97 Å². The standard InChI is InChI=1S/C18H11NO3/c19-10-11-7-12-3-1-2-4-14(12)16(8-11)13-5-6-15(18(21)22)17(20)9-13/h1-9,20H,(H,21,22). The predicted octanol–water partition coefficient (Wildman–Crippen LogP) is 3.78.